The molecule has 0 aliphatic rings. The number of hydrogen-bond acceptors (Lipinski definition) is 4. The van der Waals surface area contributed by atoms with E-state index in [1.807, 2.05) is 18.2 Å². The molecule has 2 aromatic rings. The fourth-order valence-corrected chi connectivity index (χ4v) is 1.68. The topological polar surface area (TPSA) is 66.9 Å². The van der Waals surface area contributed by atoms with Gasteiger partial charge in [-0.1, -0.05) is 13.0 Å². The Balaban J connectivity index is 1.89. The molecule has 0 unspecified atom stereocenters. The van der Waals surface area contributed by atoms with E-state index in [2.05, 4.69) is 27.5 Å². The molecule has 0 aliphatic heterocycles. The van der Waals surface area contributed by atoms with Crippen LogP contribution in [0, 0.1) is 0 Å². The van der Waals surface area contributed by atoms with Crippen molar-refractivity contribution >= 4 is 11.6 Å². The third-order valence-corrected chi connectivity index (χ3v) is 2.75. The maximum absolute atomic E-state index is 11.9. The predicted octanol–water partition coefficient (Wildman–Crippen LogP) is 2.23. The highest BCUT2D eigenvalue weighted by Gasteiger charge is 2.06. The van der Waals surface area contributed by atoms with Gasteiger partial charge < -0.3 is 10.6 Å². The Bertz CT molecular complexity index is 540. The average Bonchev–Trinajstić information content (AvgIpc) is 2.52. The molecule has 0 fully saturated rings. The number of nitrogens with one attached hydrogen (secondary N) is 2. The summed E-state index contributed by atoms with van der Waals surface area (Å²) in [5.74, 6) is -0.184. The Morgan fingerprint density at radius 3 is 2.80 bits per heavy atom. The Morgan fingerprint density at radius 2 is 2.15 bits per heavy atom. The van der Waals surface area contributed by atoms with Crippen LogP contribution >= 0.6 is 0 Å². The Morgan fingerprint density at radius 1 is 1.25 bits per heavy atom. The van der Waals surface area contributed by atoms with Gasteiger partial charge in [-0.05, 0) is 30.2 Å². The molecule has 0 aliphatic carbocycles. The van der Waals surface area contributed by atoms with Gasteiger partial charge in [-0.3, -0.25) is 9.78 Å². The third kappa shape index (κ3) is 4.05. The molecule has 2 rings (SSSR count). The highest BCUT2D eigenvalue weighted by atomic mass is 16.1. The first-order chi connectivity index (χ1) is 9.79. The number of carbonyl (C=O) groups is 1. The SMILES string of the molecule is CCCNc1ccc(C(=O)NCc2cccnc2)nc1. The summed E-state index contributed by atoms with van der Waals surface area (Å²) in [6.07, 6.45) is 6.16. The Labute approximate surface area is 118 Å². The van der Waals surface area contributed by atoms with Crippen LogP contribution in [-0.2, 0) is 6.54 Å². The van der Waals surface area contributed by atoms with Crippen molar-refractivity contribution in [3.05, 3.63) is 54.1 Å². The summed E-state index contributed by atoms with van der Waals surface area (Å²) in [4.78, 5) is 20.1. The predicted molar refractivity (Wildman–Crippen MR) is 78.4 cm³/mol. The standard InChI is InChI=1S/C15H18N4O/c1-2-7-17-13-5-6-14(18-11-13)15(20)19-10-12-4-3-8-16-9-12/h3-6,8-9,11,17H,2,7,10H2,1H3,(H,19,20). The van der Waals surface area contributed by atoms with Crippen molar-refractivity contribution < 1.29 is 4.79 Å². The summed E-state index contributed by atoms with van der Waals surface area (Å²) in [7, 11) is 0. The molecule has 5 nitrogen and oxygen atoms in total. The fourth-order valence-electron chi connectivity index (χ4n) is 1.68. The maximum atomic E-state index is 11.9. The quantitative estimate of drug-likeness (QED) is 0.844. The van der Waals surface area contributed by atoms with Crippen LogP contribution in [-0.4, -0.2) is 22.4 Å². The second-order valence-electron chi connectivity index (χ2n) is 4.40. The van der Waals surface area contributed by atoms with Crippen LogP contribution in [0.1, 0.15) is 29.4 Å². The molecule has 104 valence electrons. The first kappa shape index (κ1) is 14.0. The van der Waals surface area contributed by atoms with Gasteiger partial charge in [-0.15, -0.1) is 0 Å². The van der Waals surface area contributed by atoms with Crippen molar-refractivity contribution in [2.75, 3.05) is 11.9 Å². The molecule has 20 heavy (non-hydrogen) atoms. The summed E-state index contributed by atoms with van der Waals surface area (Å²) >= 11 is 0. The minimum absolute atomic E-state index is 0.184. The number of aromatic nitrogens is 2. The molecular formula is C15H18N4O. The van der Waals surface area contributed by atoms with E-state index < -0.39 is 0 Å². The van der Waals surface area contributed by atoms with E-state index in [1.54, 1.807) is 24.7 Å². The molecule has 0 bridgehead atoms. The van der Waals surface area contributed by atoms with Crippen molar-refractivity contribution in [3.63, 3.8) is 0 Å². The van der Waals surface area contributed by atoms with Crippen molar-refractivity contribution in [1.82, 2.24) is 15.3 Å². The van der Waals surface area contributed by atoms with Crippen molar-refractivity contribution in [3.8, 4) is 0 Å². The van der Waals surface area contributed by atoms with Crippen molar-refractivity contribution in [2.45, 2.75) is 19.9 Å². The minimum atomic E-state index is -0.184. The number of nitrogens with zero attached hydrogens (tertiary/aromatic N) is 2. The van der Waals surface area contributed by atoms with Crippen LogP contribution in [0.15, 0.2) is 42.9 Å². The van der Waals surface area contributed by atoms with E-state index in [-0.39, 0.29) is 5.91 Å². The summed E-state index contributed by atoms with van der Waals surface area (Å²) in [6, 6.07) is 7.34. The zero-order valence-electron chi connectivity index (χ0n) is 11.5. The number of pyridine rings is 2. The maximum Gasteiger partial charge on any atom is 0.270 e. The van der Waals surface area contributed by atoms with E-state index >= 15 is 0 Å². The van der Waals surface area contributed by atoms with Gasteiger partial charge in [-0.25, -0.2) is 4.98 Å². The molecule has 1 amide bonds. The number of carbonyl (C=O) groups excluding carboxylic acids is 1. The monoisotopic (exact) mass is 270 g/mol. The van der Waals surface area contributed by atoms with Gasteiger partial charge in [0.25, 0.3) is 5.91 Å². The Hall–Kier alpha value is -2.43. The molecule has 2 aromatic heterocycles. The summed E-state index contributed by atoms with van der Waals surface area (Å²) < 4.78 is 0. The van der Waals surface area contributed by atoms with E-state index in [4.69, 9.17) is 0 Å². The summed E-state index contributed by atoms with van der Waals surface area (Å²) in [5, 5.41) is 6.03. The van der Waals surface area contributed by atoms with Crippen LogP contribution in [0.5, 0.6) is 0 Å². The zero-order chi connectivity index (χ0) is 14.2. The molecule has 0 saturated heterocycles. The molecule has 2 heterocycles. The van der Waals surface area contributed by atoms with Gasteiger partial charge in [0.1, 0.15) is 5.69 Å². The largest absolute Gasteiger partial charge is 0.384 e. The van der Waals surface area contributed by atoms with E-state index in [0.29, 0.717) is 12.2 Å². The third-order valence-electron chi connectivity index (χ3n) is 2.75. The highest BCUT2D eigenvalue weighted by Crippen LogP contribution is 2.06. The zero-order valence-corrected chi connectivity index (χ0v) is 11.5. The second-order valence-corrected chi connectivity index (χ2v) is 4.40. The van der Waals surface area contributed by atoms with Crippen LogP contribution in [0.25, 0.3) is 0 Å². The van der Waals surface area contributed by atoms with Gasteiger partial charge in [-0.2, -0.15) is 0 Å². The van der Waals surface area contributed by atoms with E-state index in [9.17, 15) is 4.79 Å². The smallest absolute Gasteiger partial charge is 0.270 e. The van der Waals surface area contributed by atoms with Crippen molar-refractivity contribution in [1.29, 1.82) is 0 Å². The first-order valence-corrected chi connectivity index (χ1v) is 6.66. The van der Waals surface area contributed by atoms with Gasteiger partial charge in [0.15, 0.2) is 0 Å². The van der Waals surface area contributed by atoms with Gasteiger partial charge in [0.05, 0.1) is 11.9 Å². The minimum Gasteiger partial charge on any atom is -0.384 e. The van der Waals surface area contributed by atoms with Gasteiger partial charge >= 0.3 is 0 Å². The second kappa shape index (κ2) is 7.23. The summed E-state index contributed by atoms with van der Waals surface area (Å²) in [5.41, 5.74) is 2.30. The summed E-state index contributed by atoms with van der Waals surface area (Å²) in [6.45, 7) is 3.44. The lowest BCUT2D eigenvalue weighted by atomic mass is 10.2. The highest BCUT2D eigenvalue weighted by molar-refractivity contribution is 5.92. The lowest BCUT2D eigenvalue weighted by Crippen LogP contribution is -2.23. The number of amides is 1. The molecule has 0 atom stereocenters. The Kier molecular flexibility index (Phi) is 5.06. The molecule has 5 heteroatoms. The normalized spacial score (nSPS) is 10.1. The number of hydrogen-bond donors (Lipinski definition) is 2. The van der Waals surface area contributed by atoms with E-state index in [0.717, 1.165) is 24.2 Å². The molecule has 0 spiro atoms. The fraction of sp³-hybridized carbons (Fsp3) is 0.267. The first-order valence-electron chi connectivity index (χ1n) is 6.66. The van der Waals surface area contributed by atoms with E-state index in [1.165, 1.54) is 0 Å². The van der Waals surface area contributed by atoms with Crippen LogP contribution in [0.4, 0.5) is 5.69 Å². The van der Waals surface area contributed by atoms with Crippen molar-refractivity contribution in [2.24, 2.45) is 0 Å². The molecular weight excluding hydrogens is 252 g/mol. The molecule has 0 saturated carbocycles. The molecule has 0 aromatic carbocycles. The van der Waals surface area contributed by atoms with Gasteiger partial charge in [0.2, 0.25) is 0 Å². The lowest BCUT2D eigenvalue weighted by Gasteiger charge is -2.06. The average molecular weight is 270 g/mol. The van der Waals surface area contributed by atoms with Crippen LogP contribution in [0.3, 0.4) is 0 Å². The van der Waals surface area contributed by atoms with Crippen LogP contribution in [0.2, 0.25) is 0 Å². The molecule has 0 radical (unpaired) electrons. The molecule has 2 N–H and O–H groups in total. The van der Waals surface area contributed by atoms with Gasteiger partial charge in [0, 0.05) is 25.5 Å². The van der Waals surface area contributed by atoms with Crippen LogP contribution < -0.4 is 10.6 Å². The lowest BCUT2D eigenvalue weighted by molar-refractivity contribution is 0.0946. The number of anilines is 1. The number of rotatable bonds is 6.